The number of benzene rings is 1. The van der Waals surface area contributed by atoms with Crippen LogP contribution in [0.15, 0.2) is 28.7 Å². The Kier molecular flexibility index (Phi) is 3.76. The van der Waals surface area contributed by atoms with Crippen molar-refractivity contribution < 1.29 is 9.21 Å². The Balaban J connectivity index is 1.53. The number of hydrogen-bond donors (Lipinski definition) is 1. The van der Waals surface area contributed by atoms with Crippen molar-refractivity contribution in [3.8, 4) is 0 Å². The lowest BCUT2D eigenvalue weighted by molar-refractivity contribution is -0.129. The van der Waals surface area contributed by atoms with E-state index in [4.69, 9.17) is 4.42 Å². The zero-order valence-electron chi connectivity index (χ0n) is 13.5. The number of hydrogen-bond acceptors (Lipinski definition) is 5. The molecule has 7 nitrogen and oxygen atoms in total. The molecule has 7 heteroatoms. The smallest absolute Gasteiger partial charge is 0.227 e. The zero-order valence-corrected chi connectivity index (χ0v) is 13.5. The molecule has 0 radical (unpaired) electrons. The molecule has 124 valence electrons. The molecule has 1 saturated heterocycles. The third kappa shape index (κ3) is 2.55. The number of fused-ring (bicyclic) bond motifs is 1. The van der Waals surface area contributed by atoms with Gasteiger partial charge in [0.05, 0.1) is 6.42 Å². The number of nitrogens with zero attached hydrogens (tertiary/aromatic N) is 4. The van der Waals surface area contributed by atoms with Crippen LogP contribution in [0.5, 0.6) is 0 Å². The van der Waals surface area contributed by atoms with E-state index in [9.17, 15) is 4.79 Å². The Morgan fingerprint density at radius 2 is 2.29 bits per heavy atom. The molecule has 1 atom stereocenters. The van der Waals surface area contributed by atoms with Gasteiger partial charge in [0.2, 0.25) is 5.91 Å². The van der Waals surface area contributed by atoms with Crippen LogP contribution in [0.3, 0.4) is 0 Å². The van der Waals surface area contributed by atoms with Crippen LogP contribution in [0.25, 0.3) is 11.0 Å². The second-order valence-electron chi connectivity index (χ2n) is 6.13. The Bertz CT molecular complexity index is 855. The maximum Gasteiger partial charge on any atom is 0.227 e. The van der Waals surface area contributed by atoms with Gasteiger partial charge in [0, 0.05) is 36.4 Å². The van der Waals surface area contributed by atoms with Gasteiger partial charge in [0.25, 0.3) is 0 Å². The van der Waals surface area contributed by atoms with Gasteiger partial charge < -0.3 is 9.32 Å². The van der Waals surface area contributed by atoms with Gasteiger partial charge in [-0.3, -0.25) is 4.79 Å². The molecule has 24 heavy (non-hydrogen) atoms. The fraction of sp³-hybridized carbons (Fsp3) is 0.412. The van der Waals surface area contributed by atoms with E-state index in [1.807, 2.05) is 36.1 Å². The minimum atomic E-state index is 0.127. The van der Waals surface area contributed by atoms with Gasteiger partial charge >= 0.3 is 0 Å². The molecule has 2 aromatic heterocycles. The van der Waals surface area contributed by atoms with Gasteiger partial charge in [0.15, 0.2) is 5.82 Å². The first kappa shape index (κ1) is 14.9. The van der Waals surface area contributed by atoms with Crippen LogP contribution in [0, 0.1) is 0 Å². The Morgan fingerprint density at radius 3 is 3.08 bits per heavy atom. The van der Waals surface area contributed by atoms with Crippen LogP contribution in [0.1, 0.15) is 36.4 Å². The van der Waals surface area contributed by atoms with Crippen molar-refractivity contribution in [2.24, 2.45) is 0 Å². The molecule has 0 spiro atoms. The van der Waals surface area contributed by atoms with Crippen molar-refractivity contribution in [2.75, 3.05) is 13.1 Å². The largest absolute Gasteiger partial charge is 0.461 e. The van der Waals surface area contributed by atoms with Gasteiger partial charge in [0.1, 0.15) is 11.3 Å². The first-order valence-electron chi connectivity index (χ1n) is 8.26. The number of nitrogens with one attached hydrogen (secondary N) is 1. The van der Waals surface area contributed by atoms with E-state index in [0.717, 1.165) is 41.7 Å². The predicted molar refractivity (Wildman–Crippen MR) is 87.4 cm³/mol. The van der Waals surface area contributed by atoms with Crippen LogP contribution in [-0.4, -0.2) is 44.5 Å². The average Bonchev–Trinajstić information content (AvgIpc) is 3.34. The van der Waals surface area contributed by atoms with Crippen molar-refractivity contribution in [2.45, 2.75) is 32.1 Å². The highest BCUT2D eigenvalue weighted by Crippen LogP contribution is 2.29. The average molecular weight is 325 g/mol. The van der Waals surface area contributed by atoms with Gasteiger partial charge in [-0.15, -0.1) is 10.2 Å². The number of carbonyl (C=O) groups excluding carboxylic acids is 1. The topological polar surface area (TPSA) is 87.9 Å². The Hall–Kier alpha value is -2.70. The van der Waals surface area contributed by atoms with E-state index in [2.05, 4.69) is 20.6 Å². The van der Waals surface area contributed by atoms with Gasteiger partial charge in [-0.05, 0) is 12.5 Å². The number of aryl methyl sites for hydroxylation is 1. The van der Waals surface area contributed by atoms with Crippen molar-refractivity contribution in [3.05, 3.63) is 41.4 Å². The summed E-state index contributed by atoms with van der Waals surface area (Å²) < 4.78 is 5.89. The highest BCUT2D eigenvalue weighted by Gasteiger charge is 2.30. The van der Waals surface area contributed by atoms with Crippen molar-refractivity contribution >= 4 is 16.9 Å². The van der Waals surface area contributed by atoms with E-state index in [1.54, 1.807) is 0 Å². The standard InChI is InChI=1S/C17H19N5O2/c1-2-14-13(12-5-3-4-6-15(12)24-14)9-16(23)22-8-7-11(10-22)17-18-20-21-19-17/h3-6,11H,2,7-10H2,1H3,(H,18,19,20,21). The summed E-state index contributed by atoms with van der Waals surface area (Å²) in [6, 6.07) is 7.90. The third-order valence-corrected chi connectivity index (χ3v) is 4.70. The van der Waals surface area contributed by atoms with Crippen LogP contribution < -0.4 is 0 Å². The molecule has 1 aliphatic rings. The summed E-state index contributed by atoms with van der Waals surface area (Å²) in [5.74, 6) is 1.88. The Labute approximate surface area is 139 Å². The molecule has 1 amide bonds. The lowest BCUT2D eigenvalue weighted by Gasteiger charge is -2.16. The van der Waals surface area contributed by atoms with Gasteiger partial charge in [-0.2, -0.15) is 5.21 Å². The number of carbonyl (C=O) groups is 1. The molecular formula is C17H19N5O2. The fourth-order valence-corrected chi connectivity index (χ4v) is 3.43. The molecular weight excluding hydrogens is 306 g/mol. The first-order valence-corrected chi connectivity index (χ1v) is 8.26. The lowest BCUT2D eigenvalue weighted by atomic mass is 10.1. The Morgan fingerprint density at radius 1 is 1.42 bits per heavy atom. The molecule has 1 aliphatic heterocycles. The number of likely N-dealkylation sites (tertiary alicyclic amines) is 1. The van der Waals surface area contributed by atoms with E-state index in [1.165, 1.54) is 0 Å². The van der Waals surface area contributed by atoms with Gasteiger partial charge in [-0.25, -0.2) is 0 Å². The van der Waals surface area contributed by atoms with Crippen LogP contribution in [-0.2, 0) is 17.6 Å². The molecule has 1 unspecified atom stereocenters. The monoisotopic (exact) mass is 325 g/mol. The third-order valence-electron chi connectivity index (χ3n) is 4.70. The summed E-state index contributed by atoms with van der Waals surface area (Å²) in [5.41, 5.74) is 1.87. The fourth-order valence-electron chi connectivity index (χ4n) is 3.43. The number of furan rings is 1. The molecule has 0 aliphatic carbocycles. The summed E-state index contributed by atoms with van der Waals surface area (Å²) in [7, 11) is 0. The summed E-state index contributed by atoms with van der Waals surface area (Å²) in [6.07, 6.45) is 2.03. The molecule has 0 bridgehead atoms. The lowest BCUT2D eigenvalue weighted by Crippen LogP contribution is -2.30. The quantitative estimate of drug-likeness (QED) is 0.793. The van der Waals surface area contributed by atoms with E-state index < -0.39 is 0 Å². The van der Waals surface area contributed by atoms with E-state index in [-0.39, 0.29) is 11.8 Å². The summed E-state index contributed by atoms with van der Waals surface area (Å²) in [4.78, 5) is 14.7. The van der Waals surface area contributed by atoms with Gasteiger partial charge in [-0.1, -0.05) is 30.3 Å². The normalized spacial score (nSPS) is 17.7. The molecule has 3 aromatic rings. The summed E-state index contributed by atoms with van der Waals surface area (Å²) in [6.45, 7) is 3.43. The number of para-hydroxylation sites is 1. The molecule has 3 heterocycles. The molecule has 4 rings (SSSR count). The number of amides is 1. The first-order chi connectivity index (χ1) is 11.8. The second-order valence-corrected chi connectivity index (χ2v) is 6.13. The highest BCUT2D eigenvalue weighted by molar-refractivity contribution is 5.88. The number of H-pyrrole nitrogens is 1. The maximum absolute atomic E-state index is 12.8. The van der Waals surface area contributed by atoms with Crippen LogP contribution >= 0.6 is 0 Å². The number of tetrazole rings is 1. The van der Waals surface area contributed by atoms with Crippen LogP contribution in [0.4, 0.5) is 0 Å². The highest BCUT2D eigenvalue weighted by atomic mass is 16.3. The predicted octanol–water partition coefficient (Wildman–Crippen LogP) is 2.07. The van der Waals surface area contributed by atoms with E-state index >= 15 is 0 Å². The maximum atomic E-state index is 12.8. The minimum absolute atomic E-state index is 0.127. The number of aromatic amines is 1. The van der Waals surface area contributed by atoms with Crippen LogP contribution in [0.2, 0.25) is 0 Å². The molecule has 0 saturated carbocycles. The van der Waals surface area contributed by atoms with Crippen molar-refractivity contribution in [1.82, 2.24) is 25.5 Å². The molecule has 1 N–H and O–H groups in total. The zero-order chi connectivity index (χ0) is 16.5. The van der Waals surface area contributed by atoms with Crippen molar-refractivity contribution in [1.29, 1.82) is 0 Å². The number of rotatable bonds is 4. The molecule has 1 fully saturated rings. The summed E-state index contributed by atoms with van der Waals surface area (Å²) in [5, 5.41) is 15.2. The molecule has 1 aromatic carbocycles. The summed E-state index contributed by atoms with van der Waals surface area (Å²) >= 11 is 0. The number of aromatic nitrogens is 4. The van der Waals surface area contributed by atoms with E-state index in [0.29, 0.717) is 18.8 Å². The second kappa shape index (κ2) is 6.07. The minimum Gasteiger partial charge on any atom is -0.461 e. The SMILES string of the molecule is CCc1oc2ccccc2c1CC(=O)N1CCC(c2nn[nH]n2)C1. The van der Waals surface area contributed by atoms with Crippen molar-refractivity contribution in [3.63, 3.8) is 0 Å².